The maximum Gasteiger partial charge on any atom is 0.161 e. The first-order valence-electron chi connectivity index (χ1n) is 7.42. The molecular weight excluding hydrogens is 359 g/mol. The molecule has 0 unspecified atom stereocenters. The number of allylic oxidation sites excluding steroid dienone is 1. The van der Waals surface area contributed by atoms with Gasteiger partial charge in [0.1, 0.15) is 24.3 Å². The van der Waals surface area contributed by atoms with E-state index in [-0.39, 0.29) is 5.57 Å². The number of halogens is 2. The molecule has 0 amide bonds. The molecule has 126 valence electrons. The van der Waals surface area contributed by atoms with Crippen LogP contribution in [0.2, 0.25) is 10.0 Å². The van der Waals surface area contributed by atoms with Gasteiger partial charge in [0, 0.05) is 0 Å². The van der Waals surface area contributed by atoms with E-state index < -0.39 is 0 Å². The van der Waals surface area contributed by atoms with Crippen LogP contribution < -0.4 is 9.47 Å². The minimum Gasteiger partial charge on any atom is -0.490 e. The van der Waals surface area contributed by atoms with Gasteiger partial charge in [-0.2, -0.15) is 10.5 Å². The molecule has 0 fully saturated rings. The Morgan fingerprint density at radius 2 is 1.76 bits per heavy atom. The third-order valence-electron chi connectivity index (χ3n) is 3.20. The molecule has 2 rings (SSSR count). The molecule has 0 saturated carbocycles. The van der Waals surface area contributed by atoms with Gasteiger partial charge in [-0.3, -0.25) is 0 Å². The Morgan fingerprint density at radius 3 is 2.40 bits per heavy atom. The lowest BCUT2D eigenvalue weighted by Gasteiger charge is -2.13. The predicted octanol–water partition coefficient (Wildman–Crippen LogP) is 5.40. The van der Waals surface area contributed by atoms with E-state index in [0.29, 0.717) is 40.3 Å². The van der Waals surface area contributed by atoms with Gasteiger partial charge in [0.2, 0.25) is 0 Å². The molecule has 0 aliphatic rings. The van der Waals surface area contributed by atoms with E-state index in [9.17, 15) is 0 Å². The summed E-state index contributed by atoms with van der Waals surface area (Å²) in [7, 11) is 0. The molecular formula is C19H14Cl2N2O2. The highest BCUT2D eigenvalue weighted by atomic mass is 35.5. The zero-order valence-electron chi connectivity index (χ0n) is 13.4. The van der Waals surface area contributed by atoms with Crippen molar-refractivity contribution in [3.05, 3.63) is 63.1 Å². The molecule has 0 aliphatic carbocycles. The van der Waals surface area contributed by atoms with E-state index >= 15 is 0 Å². The summed E-state index contributed by atoms with van der Waals surface area (Å²) in [6.07, 6.45) is 1.49. The van der Waals surface area contributed by atoms with Crippen molar-refractivity contribution < 1.29 is 9.47 Å². The second kappa shape index (κ2) is 8.99. The Labute approximate surface area is 156 Å². The third-order valence-corrected chi connectivity index (χ3v) is 3.94. The molecule has 0 atom stereocenters. The summed E-state index contributed by atoms with van der Waals surface area (Å²) in [6, 6.07) is 14.2. The molecule has 2 aromatic rings. The van der Waals surface area contributed by atoms with E-state index in [1.165, 1.54) is 6.08 Å². The number of hydrogen-bond acceptors (Lipinski definition) is 4. The lowest BCUT2D eigenvalue weighted by Crippen LogP contribution is -2.00. The zero-order valence-corrected chi connectivity index (χ0v) is 14.9. The van der Waals surface area contributed by atoms with Crippen molar-refractivity contribution in [2.45, 2.75) is 13.5 Å². The molecule has 0 bridgehead atoms. The summed E-state index contributed by atoms with van der Waals surface area (Å²) >= 11 is 11.9. The summed E-state index contributed by atoms with van der Waals surface area (Å²) in [5.41, 5.74) is 1.58. The molecule has 0 spiro atoms. The van der Waals surface area contributed by atoms with Crippen LogP contribution >= 0.6 is 23.2 Å². The first kappa shape index (κ1) is 18.7. The van der Waals surface area contributed by atoms with Gasteiger partial charge < -0.3 is 9.47 Å². The van der Waals surface area contributed by atoms with Crippen molar-refractivity contribution in [3.8, 4) is 23.6 Å². The van der Waals surface area contributed by atoms with Crippen LogP contribution in [-0.2, 0) is 6.61 Å². The Bertz CT molecular complexity index is 864. The first-order chi connectivity index (χ1) is 12.1. The van der Waals surface area contributed by atoms with Gasteiger partial charge in [0.25, 0.3) is 0 Å². The maximum absolute atomic E-state index is 8.85. The van der Waals surface area contributed by atoms with Crippen LogP contribution in [-0.4, -0.2) is 6.61 Å². The van der Waals surface area contributed by atoms with Crippen LogP contribution in [0.5, 0.6) is 11.5 Å². The number of hydrogen-bond donors (Lipinski definition) is 0. The second-order valence-electron chi connectivity index (χ2n) is 4.96. The monoisotopic (exact) mass is 372 g/mol. The number of benzene rings is 2. The molecule has 25 heavy (non-hydrogen) atoms. The van der Waals surface area contributed by atoms with Crippen molar-refractivity contribution in [2.24, 2.45) is 0 Å². The lowest BCUT2D eigenvalue weighted by molar-refractivity contribution is 0.269. The molecule has 0 saturated heterocycles. The Morgan fingerprint density at radius 1 is 1.00 bits per heavy atom. The average molecular weight is 373 g/mol. The van der Waals surface area contributed by atoms with Crippen LogP contribution in [0.15, 0.2) is 42.0 Å². The summed E-state index contributed by atoms with van der Waals surface area (Å²) in [5, 5.41) is 18.7. The van der Waals surface area contributed by atoms with Crippen molar-refractivity contribution >= 4 is 29.3 Å². The third kappa shape index (κ3) is 5.16. The minimum absolute atomic E-state index is 0.0203. The fourth-order valence-electron chi connectivity index (χ4n) is 2.05. The number of nitriles is 2. The zero-order chi connectivity index (χ0) is 18.2. The van der Waals surface area contributed by atoms with E-state index in [2.05, 4.69) is 0 Å². The van der Waals surface area contributed by atoms with Crippen molar-refractivity contribution in [3.63, 3.8) is 0 Å². The van der Waals surface area contributed by atoms with Crippen LogP contribution in [0.1, 0.15) is 18.1 Å². The molecule has 6 heteroatoms. The Kier molecular flexibility index (Phi) is 6.71. The standard InChI is InChI=1S/C19H14Cl2N2O2/c1-2-24-19-9-13(7-15(10-22)11-23)4-6-18(19)25-12-14-3-5-16(20)17(21)8-14/h3-9H,2,12H2,1H3. The van der Waals surface area contributed by atoms with E-state index in [0.717, 1.165) is 5.56 Å². The fraction of sp³-hybridized carbons (Fsp3) is 0.158. The summed E-state index contributed by atoms with van der Waals surface area (Å²) in [4.78, 5) is 0. The largest absolute Gasteiger partial charge is 0.490 e. The van der Waals surface area contributed by atoms with Crippen molar-refractivity contribution in [1.82, 2.24) is 0 Å². The highest BCUT2D eigenvalue weighted by Crippen LogP contribution is 2.31. The van der Waals surface area contributed by atoms with Crippen LogP contribution in [0.3, 0.4) is 0 Å². The summed E-state index contributed by atoms with van der Waals surface area (Å²) in [6.45, 7) is 2.62. The van der Waals surface area contributed by atoms with Crippen LogP contribution in [0.4, 0.5) is 0 Å². The number of ether oxygens (including phenoxy) is 2. The molecule has 4 nitrogen and oxygen atoms in total. The summed E-state index contributed by atoms with van der Waals surface area (Å²) in [5.74, 6) is 1.09. The predicted molar refractivity (Wildman–Crippen MR) is 97.6 cm³/mol. The molecule has 0 N–H and O–H groups in total. The van der Waals surface area contributed by atoms with Gasteiger partial charge in [0.15, 0.2) is 11.5 Å². The number of rotatable bonds is 6. The van der Waals surface area contributed by atoms with E-state index in [1.807, 2.05) is 25.1 Å². The van der Waals surface area contributed by atoms with Gasteiger partial charge in [-0.1, -0.05) is 35.3 Å². The molecule has 0 aliphatic heterocycles. The van der Waals surface area contributed by atoms with Gasteiger partial charge in [-0.15, -0.1) is 0 Å². The van der Waals surface area contributed by atoms with Crippen molar-refractivity contribution in [1.29, 1.82) is 10.5 Å². The van der Waals surface area contributed by atoms with Crippen molar-refractivity contribution in [2.75, 3.05) is 6.61 Å². The molecule has 0 heterocycles. The minimum atomic E-state index is 0.0203. The smallest absolute Gasteiger partial charge is 0.161 e. The maximum atomic E-state index is 8.85. The quantitative estimate of drug-likeness (QED) is 0.636. The Balaban J connectivity index is 2.22. The summed E-state index contributed by atoms with van der Waals surface area (Å²) < 4.78 is 11.4. The number of nitrogens with zero attached hydrogens (tertiary/aromatic N) is 2. The lowest BCUT2D eigenvalue weighted by atomic mass is 10.1. The first-order valence-corrected chi connectivity index (χ1v) is 8.18. The average Bonchev–Trinajstić information content (AvgIpc) is 2.62. The molecule has 0 aromatic heterocycles. The van der Waals surface area contributed by atoms with Gasteiger partial charge in [-0.25, -0.2) is 0 Å². The Hall–Kier alpha value is -2.66. The van der Waals surface area contributed by atoms with E-state index in [1.54, 1.807) is 30.3 Å². The molecule has 2 aromatic carbocycles. The second-order valence-corrected chi connectivity index (χ2v) is 5.77. The van der Waals surface area contributed by atoms with Gasteiger partial charge >= 0.3 is 0 Å². The van der Waals surface area contributed by atoms with Crippen LogP contribution in [0, 0.1) is 22.7 Å². The topological polar surface area (TPSA) is 66.0 Å². The van der Waals surface area contributed by atoms with Gasteiger partial charge in [0.05, 0.1) is 16.7 Å². The normalized spacial score (nSPS) is 9.64. The SMILES string of the molecule is CCOc1cc(C=C(C#N)C#N)ccc1OCc1ccc(Cl)c(Cl)c1. The van der Waals surface area contributed by atoms with Gasteiger partial charge in [-0.05, 0) is 48.4 Å². The molecule has 0 radical (unpaired) electrons. The van der Waals surface area contributed by atoms with Crippen LogP contribution in [0.25, 0.3) is 6.08 Å². The fourth-order valence-corrected chi connectivity index (χ4v) is 2.37. The highest BCUT2D eigenvalue weighted by molar-refractivity contribution is 6.42. The highest BCUT2D eigenvalue weighted by Gasteiger charge is 2.08. The van der Waals surface area contributed by atoms with E-state index in [4.69, 9.17) is 43.2 Å².